The van der Waals surface area contributed by atoms with Crippen molar-refractivity contribution in [2.45, 2.75) is 19.1 Å². The largest absolute Gasteiger partial charge is 0.463 e. The highest BCUT2D eigenvalue weighted by atomic mass is 19.4. The molecule has 0 radical (unpaired) electrons. The summed E-state index contributed by atoms with van der Waals surface area (Å²) in [6, 6.07) is 4.96. The van der Waals surface area contributed by atoms with E-state index in [0.717, 1.165) is 12.1 Å². The van der Waals surface area contributed by atoms with Gasteiger partial charge in [-0.25, -0.2) is 4.79 Å². The van der Waals surface area contributed by atoms with Crippen molar-refractivity contribution < 1.29 is 28.3 Å². The van der Waals surface area contributed by atoms with Gasteiger partial charge in [-0.3, -0.25) is 5.21 Å². The van der Waals surface area contributed by atoms with Crippen LogP contribution in [-0.2, 0) is 12.7 Å². The van der Waals surface area contributed by atoms with Crippen LogP contribution in [0.5, 0.6) is 0 Å². The summed E-state index contributed by atoms with van der Waals surface area (Å²) in [5.41, 5.74) is -0.219. The molecule has 0 atom stereocenters. The molecule has 0 aliphatic heterocycles. The lowest BCUT2D eigenvalue weighted by atomic mass is 10.1. The van der Waals surface area contributed by atoms with Crippen LogP contribution in [0.25, 0.3) is 0 Å². The van der Waals surface area contributed by atoms with Crippen molar-refractivity contribution in [3.8, 4) is 0 Å². The molecule has 0 spiro atoms. The molecule has 1 aromatic carbocycles. The average molecular weight is 292 g/mol. The van der Waals surface area contributed by atoms with Crippen LogP contribution in [0, 0.1) is 0 Å². The zero-order valence-corrected chi connectivity index (χ0v) is 10.5. The van der Waals surface area contributed by atoms with Gasteiger partial charge in [0.1, 0.15) is 0 Å². The van der Waals surface area contributed by atoms with Crippen LogP contribution in [-0.4, -0.2) is 34.6 Å². The van der Waals surface area contributed by atoms with Gasteiger partial charge >= 0.3 is 12.3 Å². The lowest BCUT2D eigenvalue weighted by Gasteiger charge is -2.11. The minimum atomic E-state index is -4.37. The molecule has 0 heterocycles. The van der Waals surface area contributed by atoms with E-state index in [1.807, 2.05) is 0 Å². The van der Waals surface area contributed by atoms with Gasteiger partial charge in [0.15, 0.2) is 0 Å². The van der Waals surface area contributed by atoms with E-state index in [1.165, 1.54) is 6.07 Å². The molecule has 0 aromatic heterocycles. The number of amides is 1. The maximum absolute atomic E-state index is 12.5. The third-order valence-electron chi connectivity index (χ3n) is 2.53. The third-order valence-corrected chi connectivity index (χ3v) is 2.53. The first-order valence-corrected chi connectivity index (χ1v) is 5.87. The number of nitrogens with zero attached hydrogens (tertiary/aromatic N) is 1. The molecular weight excluding hydrogens is 277 g/mol. The SMILES string of the molecule is O=C(O)N(O)CCCNCc1cccc(C(F)(F)F)c1. The van der Waals surface area contributed by atoms with Crippen molar-refractivity contribution in [1.82, 2.24) is 10.4 Å². The lowest BCUT2D eigenvalue weighted by Crippen LogP contribution is -2.28. The number of hydroxylamine groups is 2. The van der Waals surface area contributed by atoms with Gasteiger partial charge in [0.25, 0.3) is 0 Å². The summed E-state index contributed by atoms with van der Waals surface area (Å²) in [6.07, 6.45) is -5.46. The summed E-state index contributed by atoms with van der Waals surface area (Å²) < 4.78 is 37.4. The highest BCUT2D eigenvalue weighted by Gasteiger charge is 2.30. The maximum atomic E-state index is 12.5. The van der Waals surface area contributed by atoms with Crippen molar-refractivity contribution in [1.29, 1.82) is 0 Å². The minimum absolute atomic E-state index is 0.0646. The minimum Gasteiger partial charge on any atom is -0.463 e. The van der Waals surface area contributed by atoms with Crippen molar-refractivity contribution in [3.63, 3.8) is 0 Å². The fourth-order valence-corrected chi connectivity index (χ4v) is 1.54. The number of carbonyl (C=O) groups is 1. The van der Waals surface area contributed by atoms with Crippen LogP contribution >= 0.6 is 0 Å². The molecule has 5 nitrogen and oxygen atoms in total. The van der Waals surface area contributed by atoms with E-state index in [9.17, 15) is 18.0 Å². The summed E-state index contributed by atoms with van der Waals surface area (Å²) in [5.74, 6) is 0. The molecule has 20 heavy (non-hydrogen) atoms. The molecule has 0 saturated heterocycles. The fraction of sp³-hybridized carbons (Fsp3) is 0.417. The van der Waals surface area contributed by atoms with Crippen molar-refractivity contribution in [2.24, 2.45) is 0 Å². The number of halogens is 3. The predicted molar refractivity (Wildman–Crippen MR) is 64.3 cm³/mol. The molecule has 0 unspecified atom stereocenters. The van der Waals surface area contributed by atoms with Gasteiger partial charge in [-0.2, -0.15) is 18.2 Å². The Morgan fingerprint density at radius 3 is 2.65 bits per heavy atom. The molecule has 8 heteroatoms. The summed E-state index contributed by atoms with van der Waals surface area (Å²) in [7, 11) is 0. The Bertz CT molecular complexity index is 452. The Morgan fingerprint density at radius 1 is 1.35 bits per heavy atom. The summed E-state index contributed by atoms with van der Waals surface area (Å²) in [4.78, 5) is 10.3. The molecule has 0 bridgehead atoms. The van der Waals surface area contributed by atoms with Crippen LogP contribution < -0.4 is 5.32 Å². The smallest absolute Gasteiger partial charge is 0.431 e. The topological polar surface area (TPSA) is 72.8 Å². The molecule has 3 N–H and O–H groups in total. The van der Waals surface area contributed by atoms with Crippen molar-refractivity contribution >= 4 is 6.09 Å². The first-order chi connectivity index (χ1) is 9.30. The second-order valence-corrected chi connectivity index (χ2v) is 4.13. The van der Waals surface area contributed by atoms with Gasteiger partial charge in [0, 0.05) is 6.54 Å². The highest BCUT2D eigenvalue weighted by Crippen LogP contribution is 2.29. The van der Waals surface area contributed by atoms with E-state index in [-0.39, 0.29) is 18.2 Å². The predicted octanol–water partition coefficient (Wildman–Crippen LogP) is 2.55. The van der Waals surface area contributed by atoms with E-state index in [1.54, 1.807) is 6.07 Å². The van der Waals surface area contributed by atoms with Gasteiger partial charge in [0.05, 0.1) is 12.1 Å². The summed E-state index contributed by atoms with van der Waals surface area (Å²) in [6.45, 7) is 0.550. The fourth-order valence-electron chi connectivity index (χ4n) is 1.54. The second kappa shape index (κ2) is 7.11. The Labute approximate surface area is 113 Å². The summed E-state index contributed by atoms with van der Waals surface area (Å²) >= 11 is 0. The third kappa shape index (κ3) is 5.45. The standard InChI is InChI=1S/C12H15F3N2O3/c13-12(14,15)10-4-1-3-9(7-10)8-16-5-2-6-17(20)11(18)19/h1,3-4,7,16,20H,2,5-6,8H2,(H,18,19). The van der Waals surface area contributed by atoms with E-state index >= 15 is 0 Å². The normalized spacial score (nSPS) is 11.4. The van der Waals surface area contributed by atoms with Gasteiger partial charge in [-0.1, -0.05) is 18.2 Å². The number of rotatable bonds is 6. The molecule has 0 aliphatic rings. The number of hydrogen-bond donors (Lipinski definition) is 3. The van der Waals surface area contributed by atoms with Crippen LogP contribution in [0.2, 0.25) is 0 Å². The highest BCUT2D eigenvalue weighted by molar-refractivity contribution is 5.63. The molecule has 1 rings (SSSR count). The number of carboxylic acid groups (broad SMARTS) is 1. The van der Waals surface area contributed by atoms with Crippen LogP contribution in [0.3, 0.4) is 0 Å². The zero-order valence-electron chi connectivity index (χ0n) is 10.5. The van der Waals surface area contributed by atoms with Gasteiger partial charge in [-0.05, 0) is 24.6 Å². The molecule has 112 valence electrons. The molecule has 0 aliphatic carbocycles. The van der Waals surface area contributed by atoms with E-state index < -0.39 is 17.8 Å². The number of hydrogen-bond acceptors (Lipinski definition) is 3. The van der Waals surface area contributed by atoms with E-state index in [0.29, 0.717) is 18.5 Å². The Hall–Kier alpha value is -1.80. The molecule has 0 fully saturated rings. The molecule has 1 amide bonds. The van der Waals surface area contributed by atoms with E-state index in [4.69, 9.17) is 10.3 Å². The van der Waals surface area contributed by atoms with Crippen molar-refractivity contribution in [2.75, 3.05) is 13.1 Å². The maximum Gasteiger partial charge on any atom is 0.431 e. The van der Waals surface area contributed by atoms with Crippen molar-refractivity contribution in [3.05, 3.63) is 35.4 Å². The van der Waals surface area contributed by atoms with Crippen LogP contribution in [0.4, 0.5) is 18.0 Å². The molecular formula is C12H15F3N2O3. The van der Waals surface area contributed by atoms with Crippen LogP contribution in [0.1, 0.15) is 17.5 Å². The molecule has 0 saturated carbocycles. The first-order valence-electron chi connectivity index (χ1n) is 5.87. The van der Waals surface area contributed by atoms with Crippen LogP contribution in [0.15, 0.2) is 24.3 Å². The monoisotopic (exact) mass is 292 g/mol. The Morgan fingerprint density at radius 2 is 2.05 bits per heavy atom. The second-order valence-electron chi connectivity index (χ2n) is 4.13. The molecule has 1 aromatic rings. The quantitative estimate of drug-likeness (QED) is 0.428. The summed E-state index contributed by atoms with van der Waals surface area (Å²) in [5, 5.41) is 20.3. The number of benzene rings is 1. The van der Waals surface area contributed by atoms with Gasteiger partial charge in [0.2, 0.25) is 0 Å². The van der Waals surface area contributed by atoms with Gasteiger partial charge in [-0.15, -0.1) is 0 Å². The first kappa shape index (κ1) is 16.3. The van der Waals surface area contributed by atoms with Gasteiger partial charge < -0.3 is 10.4 Å². The Kier molecular flexibility index (Phi) is 5.78. The lowest BCUT2D eigenvalue weighted by molar-refractivity contribution is -0.137. The number of alkyl halides is 3. The number of nitrogens with one attached hydrogen (secondary N) is 1. The van der Waals surface area contributed by atoms with E-state index in [2.05, 4.69) is 5.32 Å². The Balaban J connectivity index is 2.34. The average Bonchev–Trinajstić information content (AvgIpc) is 2.37. The zero-order chi connectivity index (χ0) is 15.2.